The minimum absolute atomic E-state index is 0.459. The SMILES string of the molecule is CC(C)(NC(=O)c1cc(F)ccc1F)C(C)(C)C(=O)O. The first-order chi connectivity index (χ1) is 8.99. The summed E-state index contributed by atoms with van der Waals surface area (Å²) >= 11 is 0. The van der Waals surface area contributed by atoms with Crippen LogP contribution in [0.2, 0.25) is 0 Å². The van der Waals surface area contributed by atoms with Crippen molar-refractivity contribution in [1.82, 2.24) is 5.32 Å². The third kappa shape index (κ3) is 2.95. The number of carboxylic acid groups (broad SMARTS) is 1. The van der Waals surface area contributed by atoms with E-state index in [1.807, 2.05) is 0 Å². The summed E-state index contributed by atoms with van der Waals surface area (Å²) in [7, 11) is 0. The van der Waals surface area contributed by atoms with E-state index >= 15 is 0 Å². The fourth-order valence-electron chi connectivity index (χ4n) is 1.45. The molecule has 0 spiro atoms. The van der Waals surface area contributed by atoms with Gasteiger partial charge in [0.25, 0.3) is 5.91 Å². The van der Waals surface area contributed by atoms with Gasteiger partial charge in [-0.3, -0.25) is 9.59 Å². The lowest BCUT2D eigenvalue weighted by atomic mass is 9.74. The molecule has 1 aromatic carbocycles. The van der Waals surface area contributed by atoms with Crippen LogP contribution >= 0.6 is 0 Å². The maximum atomic E-state index is 13.5. The average Bonchev–Trinajstić information content (AvgIpc) is 2.31. The van der Waals surface area contributed by atoms with Crippen molar-refractivity contribution in [3.8, 4) is 0 Å². The quantitative estimate of drug-likeness (QED) is 0.893. The van der Waals surface area contributed by atoms with Crippen molar-refractivity contribution in [3.63, 3.8) is 0 Å². The second-order valence-electron chi connectivity index (χ2n) is 5.63. The van der Waals surface area contributed by atoms with Crippen LogP contribution in [0.5, 0.6) is 0 Å². The molecule has 0 fully saturated rings. The van der Waals surface area contributed by atoms with Crippen molar-refractivity contribution >= 4 is 11.9 Å². The van der Waals surface area contributed by atoms with Crippen LogP contribution in [0.25, 0.3) is 0 Å². The van der Waals surface area contributed by atoms with Crippen molar-refractivity contribution in [1.29, 1.82) is 0 Å². The number of carboxylic acids is 1. The molecule has 0 saturated carbocycles. The second-order valence-corrected chi connectivity index (χ2v) is 5.63. The summed E-state index contributed by atoms with van der Waals surface area (Å²) in [5.74, 6) is -3.58. The molecule has 1 rings (SSSR count). The zero-order valence-corrected chi connectivity index (χ0v) is 11.8. The molecule has 0 saturated heterocycles. The van der Waals surface area contributed by atoms with E-state index < -0.39 is 40.0 Å². The Labute approximate surface area is 115 Å². The van der Waals surface area contributed by atoms with Crippen LogP contribution in [0.4, 0.5) is 8.78 Å². The lowest BCUT2D eigenvalue weighted by Crippen LogP contribution is -2.57. The summed E-state index contributed by atoms with van der Waals surface area (Å²) in [5.41, 5.74) is -2.90. The Bertz CT molecular complexity index is 553. The van der Waals surface area contributed by atoms with Gasteiger partial charge in [-0.25, -0.2) is 8.78 Å². The molecule has 0 radical (unpaired) electrons. The Kier molecular flexibility index (Phi) is 4.17. The molecule has 0 aliphatic carbocycles. The van der Waals surface area contributed by atoms with Crippen molar-refractivity contribution in [2.24, 2.45) is 5.41 Å². The van der Waals surface area contributed by atoms with Gasteiger partial charge in [0.15, 0.2) is 0 Å². The summed E-state index contributed by atoms with van der Waals surface area (Å²) in [6, 6.07) is 2.52. The Balaban J connectivity index is 3.06. The van der Waals surface area contributed by atoms with Crippen molar-refractivity contribution < 1.29 is 23.5 Å². The minimum Gasteiger partial charge on any atom is -0.481 e. The van der Waals surface area contributed by atoms with Crippen LogP contribution in [0.3, 0.4) is 0 Å². The fourth-order valence-corrected chi connectivity index (χ4v) is 1.45. The molecule has 4 nitrogen and oxygen atoms in total. The second kappa shape index (κ2) is 5.19. The zero-order valence-electron chi connectivity index (χ0n) is 11.8. The van der Waals surface area contributed by atoms with Crippen molar-refractivity contribution in [2.45, 2.75) is 33.2 Å². The molecule has 0 unspecified atom stereocenters. The zero-order chi connectivity index (χ0) is 15.7. The number of hydrogen-bond acceptors (Lipinski definition) is 2. The molecular formula is C14H17F2NO3. The number of halogens is 2. The molecule has 1 aromatic rings. The highest BCUT2D eigenvalue weighted by atomic mass is 19.1. The van der Waals surface area contributed by atoms with Gasteiger partial charge in [0, 0.05) is 0 Å². The number of carbonyl (C=O) groups excluding carboxylic acids is 1. The van der Waals surface area contributed by atoms with Gasteiger partial charge < -0.3 is 10.4 Å². The van der Waals surface area contributed by atoms with Gasteiger partial charge in [0.2, 0.25) is 0 Å². The van der Waals surface area contributed by atoms with E-state index in [-0.39, 0.29) is 0 Å². The predicted octanol–water partition coefficient (Wildman–Crippen LogP) is 2.58. The number of hydrogen-bond donors (Lipinski definition) is 2. The van der Waals surface area contributed by atoms with Crippen LogP contribution in [0.1, 0.15) is 38.1 Å². The highest BCUT2D eigenvalue weighted by Gasteiger charge is 2.44. The molecule has 6 heteroatoms. The van der Waals surface area contributed by atoms with Crippen LogP contribution in [-0.4, -0.2) is 22.5 Å². The Morgan fingerprint density at radius 1 is 1.15 bits per heavy atom. The van der Waals surface area contributed by atoms with E-state index in [4.69, 9.17) is 0 Å². The highest BCUT2D eigenvalue weighted by Crippen LogP contribution is 2.31. The maximum absolute atomic E-state index is 13.5. The number of aliphatic carboxylic acids is 1. The number of carbonyl (C=O) groups is 2. The van der Waals surface area contributed by atoms with E-state index in [0.717, 1.165) is 18.2 Å². The first kappa shape index (κ1) is 16.1. The largest absolute Gasteiger partial charge is 0.481 e. The summed E-state index contributed by atoms with van der Waals surface area (Å²) < 4.78 is 26.6. The molecule has 0 aromatic heterocycles. The summed E-state index contributed by atoms with van der Waals surface area (Å²) in [6.45, 7) is 5.90. The lowest BCUT2D eigenvalue weighted by molar-refractivity contribution is -0.150. The van der Waals surface area contributed by atoms with Gasteiger partial charge in [-0.15, -0.1) is 0 Å². The molecule has 20 heavy (non-hydrogen) atoms. The van der Waals surface area contributed by atoms with Gasteiger partial charge in [-0.05, 0) is 45.9 Å². The first-order valence-electron chi connectivity index (χ1n) is 6.00. The summed E-state index contributed by atoms with van der Waals surface area (Å²) in [6.07, 6.45) is 0. The number of nitrogens with one attached hydrogen (secondary N) is 1. The average molecular weight is 285 g/mol. The van der Waals surface area contributed by atoms with Crippen molar-refractivity contribution in [2.75, 3.05) is 0 Å². The lowest BCUT2D eigenvalue weighted by Gasteiger charge is -2.38. The van der Waals surface area contributed by atoms with Crippen LogP contribution in [-0.2, 0) is 4.79 Å². The Morgan fingerprint density at radius 3 is 2.20 bits per heavy atom. The van der Waals surface area contributed by atoms with E-state index in [1.54, 1.807) is 0 Å². The van der Waals surface area contributed by atoms with Gasteiger partial charge in [-0.2, -0.15) is 0 Å². The van der Waals surface area contributed by atoms with E-state index in [2.05, 4.69) is 5.32 Å². The fraction of sp³-hybridized carbons (Fsp3) is 0.429. The smallest absolute Gasteiger partial charge is 0.311 e. The normalized spacial score (nSPS) is 12.1. The van der Waals surface area contributed by atoms with Gasteiger partial charge in [-0.1, -0.05) is 0 Å². The highest BCUT2D eigenvalue weighted by molar-refractivity contribution is 5.95. The number of benzene rings is 1. The Hall–Kier alpha value is -1.98. The first-order valence-corrected chi connectivity index (χ1v) is 6.00. The van der Waals surface area contributed by atoms with Crippen LogP contribution in [0, 0.1) is 17.0 Å². The summed E-state index contributed by atoms with van der Waals surface area (Å²) in [4.78, 5) is 23.2. The predicted molar refractivity (Wildman–Crippen MR) is 69.3 cm³/mol. The van der Waals surface area contributed by atoms with Gasteiger partial charge in [0.1, 0.15) is 11.6 Å². The molecule has 110 valence electrons. The molecule has 1 amide bonds. The molecule has 0 aliphatic rings. The van der Waals surface area contributed by atoms with Crippen LogP contribution < -0.4 is 5.32 Å². The van der Waals surface area contributed by atoms with E-state index in [1.165, 1.54) is 27.7 Å². The maximum Gasteiger partial charge on any atom is 0.311 e. The molecule has 0 atom stereocenters. The van der Waals surface area contributed by atoms with Crippen molar-refractivity contribution in [3.05, 3.63) is 35.4 Å². The number of amides is 1. The molecular weight excluding hydrogens is 268 g/mol. The molecule has 0 aliphatic heterocycles. The summed E-state index contributed by atoms with van der Waals surface area (Å²) in [5, 5.41) is 11.6. The van der Waals surface area contributed by atoms with Crippen LogP contribution in [0.15, 0.2) is 18.2 Å². The van der Waals surface area contributed by atoms with Gasteiger partial charge in [0.05, 0.1) is 16.5 Å². The van der Waals surface area contributed by atoms with E-state index in [0.29, 0.717) is 0 Å². The monoisotopic (exact) mass is 285 g/mol. The molecule has 0 heterocycles. The number of rotatable bonds is 4. The molecule has 0 bridgehead atoms. The molecule has 2 N–H and O–H groups in total. The van der Waals surface area contributed by atoms with E-state index in [9.17, 15) is 23.5 Å². The topological polar surface area (TPSA) is 66.4 Å². The van der Waals surface area contributed by atoms with Gasteiger partial charge >= 0.3 is 5.97 Å². The Morgan fingerprint density at radius 2 is 1.70 bits per heavy atom. The standard InChI is InChI=1S/C14H17F2NO3/c1-13(2,12(19)20)14(3,4)17-11(18)9-7-8(15)5-6-10(9)16/h5-7H,1-4H3,(H,17,18)(H,19,20). The third-order valence-corrected chi connectivity index (χ3v) is 3.70. The minimum atomic E-state index is -1.29. The third-order valence-electron chi connectivity index (χ3n) is 3.70.